The number of carbonyl (C=O) groups is 1. The van der Waals surface area contributed by atoms with Gasteiger partial charge in [0.05, 0.1) is 0 Å². The van der Waals surface area contributed by atoms with E-state index in [-0.39, 0.29) is 5.91 Å². The van der Waals surface area contributed by atoms with Crippen molar-refractivity contribution in [2.75, 3.05) is 46.4 Å². The molecule has 1 atom stereocenters. The van der Waals surface area contributed by atoms with Crippen LogP contribution < -0.4 is 5.32 Å². The Kier molecular flexibility index (Phi) is 4.53. The highest BCUT2D eigenvalue weighted by molar-refractivity contribution is 5.83. The summed E-state index contributed by atoms with van der Waals surface area (Å²) in [6, 6.07) is 10.2. The van der Waals surface area contributed by atoms with Crippen LogP contribution in [0.25, 0.3) is 0 Å². The summed E-state index contributed by atoms with van der Waals surface area (Å²) in [5.41, 5.74) is 0.927. The van der Waals surface area contributed by atoms with Crippen LogP contribution in [0.15, 0.2) is 30.3 Å². The minimum Gasteiger partial charge on any atom is -0.367 e. The number of nitrogens with zero attached hydrogens (tertiary/aromatic N) is 2. The summed E-state index contributed by atoms with van der Waals surface area (Å²) >= 11 is 0. The number of benzene rings is 1. The average molecular weight is 289 g/mol. The lowest BCUT2D eigenvalue weighted by Gasteiger charge is -2.47. The molecule has 21 heavy (non-hydrogen) atoms. The van der Waals surface area contributed by atoms with Gasteiger partial charge >= 0.3 is 0 Å². The summed E-state index contributed by atoms with van der Waals surface area (Å²) in [6.07, 6.45) is -0.477. The van der Waals surface area contributed by atoms with Crippen LogP contribution in [0.4, 0.5) is 0 Å². The van der Waals surface area contributed by atoms with E-state index in [4.69, 9.17) is 4.74 Å². The van der Waals surface area contributed by atoms with Crippen LogP contribution >= 0.6 is 0 Å². The molecule has 0 aromatic heterocycles. The lowest BCUT2D eigenvalue weighted by molar-refractivity contribution is -0.150. The normalized spacial score (nSPS) is 21.9. The van der Waals surface area contributed by atoms with E-state index < -0.39 is 6.10 Å². The van der Waals surface area contributed by atoms with Gasteiger partial charge in [-0.1, -0.05) is 30.3 Å². The Morgan fingerprint density at radius 2 is 1.90 bits per heavy atom. The zero-order valence-electron chi connectivity index (χ0n) is 12.5. The van der Waals surface area contributed by atoms with Crippen LogP contribution in [-0.2, 0) is 9.53 Å². The number of hydrogen-bond acceptors (Lipinski definition) is 4. The van der Waals surface area contributed by atoms with Crippen LogP contribution in [0.2, 0.25) is 0 Å². The number of ether oxygens (including phenoxy) is 1. The van der Waals surface area contributed by atoms with Crippen molar-refractivity contribution in [2.45, 2.75) is 12.1 Å². The summed E-state index contributed by atoms with van der Waals surface area (Å²) in [6.45, 7) is 5.92. The van der Waals surface area contributed by atoms with Crippen LogP contribution in [0, 0.1) is 0 Å². The summed E-state index contributed by atoms with van der Waals surface area (Å²) in [4.78, 5) is 16.9. The van der Waals surface area contributed by atoms with Crippen LogP contribution in [0.5, 0.6) is 0 Å². The Morgan fingerprint density at radius 3 is 2.52 bits per heavy atom. The molecule has 1 unspecified atom stereocenters. The number of piperazine rings is 1. The standard InChI is InChI=1S/C16H23N3O2/c1-21-15(13-5-3-2-4-6-13)16(20)19-11-14(12-19)18-9-7-17-8-10-18/h2-6,14-15,17H,7-12H2,1H3. The lowest BCUT2D eigenvalue weighted by atomic mass is 10.0. The second-order valence-corrected chi connectivity index (χ2v) is 5.71. The minimum atomic E-state index is -0.477. The first-order valence-corrected chi connectivity index (χ1v) is 7.61. The van der Waals surface area contributed by atoms with E-state index in [0.717, 1.165) is 44.8 Å². The van der Waals surface area contributed by atoms with Crippen molar-refractivity contribution < 1.29 is 9.53 Å². The van der Waals surface area contributed by atoms with Crippen molar-refractivity contribution >= 4 is 5.91 Å². The third kappa shape index (κ3) is 3.10. The molecular weight excluding hydrogens is 266 g/mol. The van der Waals surface area contributed by atoms with Crippen LogP contribution in [0.1, 0.15) is 11.7 Å². The number of nitrogens with one attached hydrogen (secondary N) is 1. The van der Waals surface area contributed by atoms with Crippen molar-refractivity contribution in [1.29, 1.82) is 0 Å². The smallest absolute Gasteiger partial charge is 0.256 e. The van der Waals surface area contributed by atoms with Crippen LogP contribution in [0.3, 0.4) is 0 Å². The molecule has 2 aliphatic rings. The summed E-state index contributed by atoms with van der Waals surface area (Å²) in [7, 11) is 1.60. The van der Waals surface area contributed by atoms with Gasteiger partial charge in [0.1, 0.15) is 0 Å². The topological polar surface area (TPSA) is 44.8 Å². The zero-order chi connectivity index (χ0) is 14.7. The van der Waals surface area contributed by atoms with Gasteiger partial charge in [0.25, 0.3) is 5.91 Å². The number of hydrogen-bond donors (Lipinski definition) is 1. The molecule has 1 aromatic carbocycles. The fourth-order valence-electron chi connectivity index (χ4n) is 3.09. The Labute approximate surface area is 125 Å². The van der Waals surface area contributed by atoms with Crippen molar-refractivity contribution in [2.24, 2.45) is 0 Å². The highest BCUT2D eigenvalue weighted by Crippen LogP contribution is 2.24. The lowest BCUT2D eigenvalue weighted by Crippen LogP contribution is -2.64. The van der Waals surface area contributed by atoms with Gasteiger partial charge in [0.15, 0.2) is 6.10 Å². The molecule has 0 saturated carbocycles. The molecule has 0 bridgehead atoms. The fraction of sp³-hybridized carbons (Fsp3) is 0.562. The summed E-state index contributed by atoms with van der Waals surface area (Å²) in [5, 5.41) is 3.36. The first-order valence-electron chi connectivity index (χ1n) is 7.61. The Morgan fingerprint density at radius 1 is 1.24 bits per heavy atom. The molecule has 2 fully saturated rings. The predicted octanol–water partition coefficient (Wildman–Crippen LogP) is 0.490. The van der Waals surface area contributed by atoms with E-state index in [9.17, 15) is 4.79 Å². The third-order valence-electron chi connectivity index (χ3n) is 4.40. The summed E-state index contributed by atoms with van der Waals surface area (Å²) < 4.78 is 5.42. The molecule has 2 aliphatic heterocycles. The van der Waals surface area contributed by atoms with Crippen LogP contribution in [-0.4, -0.2) is 68.1 Å². The van der Waals surface area contributed by atoms with E-state index >= 15 is 0 Å². The van der Waals surface area contributed by atoms with Gasteiger partial charge in [-0.2, -0.15) is 0 Å². The van der Waals surface area contributed by atoms with Gasteiger partial charge in [0.2, 0.25) is 0 Å². The van der Waals surface area contributed by atoms with Gasteiger partial charge < -0.3 is 15.0 Å². The van der Waals surface area contributed by atoms with E-state index in [0.29, 0.717) is 6.04 Å². The van der Waals surface area contributed by atoms with Crippen molar-refractivity contribution in [1.82, 2.24) is 15.1 Å². The molecule has 1 N–H and O–H groups in total. The van der Waals surface area contributed by atoms with Gasteiger partial charge in [-0.25, -0.2) is 0 Å². The minimum absolute atomic E-state index is 0.0788. The second-order valence-electron chi connectivity index (χ2n) is 5.71. The Hall–Kier alpha value is -1.43. The molecular formula is C16H23N3O2. The molecule has 114 valence electrons. The Balaban J connectivity index is 1.56. The molecule has 0 radical (unpaired) electrons. The van der Waals surface area contributed by atoms with Crippen molar-refractivity contribution in [3.63, 3.8) is 0 Å². The van der Waals surface area contributed by atoms with E-state index in [1.54, 1.807) is 7.11 Å². The molecule has 1 amide bonds. The molecule has 2 heterocycles. The molecule has 0 aliphatic carbocycles. The maximum absolute atomic E-state index is 12.6. The largest absolute Gasteiger partial charge is 0.367 e. The van der Waals surface area contributed by atoms with E-state index in [1.807, 2.05) is 35.2 Å². The molecule has 3 rings (SSSR count). The molecule has 5 heteroatoms. The molecule has 0 spiro atoms. The third-order valence-corrected chi connectivity index (χ3v) is 4.40. The number of rotatable bonds is 4. The second kappa shape index (κ2) is 6.56. The molecule has 2 saturated heterocycles. The van der Waals surface area contributed by atoms with E-state index in [2.05, 4.69) is 10.2 Å². The summed E-state index contributed by atoms with van der Waals surface area (Å²) in [5.74, 6) is 0.0788. The fourth-order valence-corrected chi connectivity index (χ4v) is 3.09. The molecule has 5 nitrogen and oxygen atoms in total. The number of likely N-dealkylation sites (tertiary alicyclic amines) is 1. The van der Waals surface area contributed by atoms with E-state index in [1.165, 1.54) is 0 Å². The highest BCUT2D eigenvalue weighted by Gasteiger charge is 2.38. The van der Waals surface area contributed by atoms with Crippen molar-refractivity contribution in [3.8, 4) is 0 Å². The maximum Gasteiger partial charge on any atom is 0.256 e. The monoisotopic (exact) mass is 289 g/mol. The van der Waals surface area contributed by atoms with Crippen molar-refractivity contribution in [3.05, 3.63) is 35.9 Å². The van der Waals surface area contributed by atoms with Gasteiger partial charge in [-0.15, -0.1) is 0 Å². The quantitative estimate of drug-likeness (QED) is 0.876. The highest BCUT2D eigenvalue weighted by atomic mass is 16.5. The number of carbonyl (C=O) groups excluding carboxylic acids is 1. The average Bonchev–Trinajstić information content (AvgIpc) is 2.49. The maximum atomic E-state index is 12.6. The SMILES string of the molecule is COC(C(=O)N1CC(N2CCNCC2)C1)c1ccccc1. The van der Waals surface area contributed by atoms with Gasteiger partial charge in [-0.05, 0) is 5.56 Å². The van der Waals surface area contributed by atoms with Gasteiger partial charge in [0, 0.05) is 52.4 Å². The predicted molar refractivity (Wildman–Crippen MR) is 81.0 cm³/mol. The Bertz CT molecular complexity index is 468. The first-order chi connectivity index (χ1) is 10.3. The number of methoxy groups -OCH3 is 1. The zero-order valence-corrected chi connectivity index (χ0v) is 12.5. The number of amides is 1. The first kappa shape index (κ1) is 14.5. The molecule has 1 aromatic rings. The van der Waals surface area contributed by atoms with Gasteiger partial charge in [-0.3, -0.25) is 9.69 Å².